The van der Waals surface area contributed by atoms with E-state index in [2.05, 4.69) is 34.7 Å². The number of aromatic nitrogens is 1. The quantitative estimate of drug-likeness (QED) is 0.408. The minimum Gasteiger partial charge on any atom is -0.488 e. The van der Waals surface area contributed by atoms with Gasteiger partial charge in [0.05, 0.1) is 16.8 Å². The summed E-state index contributed by atoms with van der Waals surface area (Å²) in [4.78, 5) is 13.1. The summed E-state index contributed by atoms with van der Waals surface area (Å²) in [5, 5.41) is 7.06. The fraction of sp³-hybridized carbons (Fsp3) is 0.185. The summed E-state index contributed by atoms with van der Waals surface area (Å²) in [5.74, 6) is 1.13. The molecule has 1 heterocycles. The van der Waals surface area contributed by atoms with Crippen molar-refractivity contribution in [1.29, 1.82) is 0 Å². The van der Waals surface area contributed by atoms with Crippen molar-refractivity contribution < 1.29 is 14.1 Å². The number of carbonyl (C=O) groups is 1. The highest BCUT2D eigenvalue weighted by Gasteiger charge is 2.18. The molecule has 0 aliphatic heterocycles. The van der Waals surface area contributed by atoms with Crippen molar-refractivity contribution in [2.24, 2.45) is 0 Å². The molecule has 0 unspecified atom stereocenters. The van der Waals surface area contributed by atoms with E-state index in [9.17, 15) is 4.79 Å². The molecule has 0 aliphatic carbocycles. The lowest BCUT2D eigenvalue weighted by Gasteiger charge is -2.19. The van der Waals surface area contributed by atoms with E-state index in [0.717, 1.165) is 28.1 Å². The average molecular weight is 427 g/mol. The van der Waals surface area contributed by atoms with Crippen LogP contribution in [0.3, 0.4) is 0 Å². The van der Waals surface area contributed by atoms with E-state index in [1.165, 1.54) is 0 Å². The first-order chi connectivity index (χ1) is 15.6. The van der Waals surface area contributed by atoms with Crippen molar-refractivity contribution in [1.82, 2.24) is 10.5 Å². The van der Waals surface area contributed by atoms with Crippen LogP contribution in [0.15, 0.2) is 89.5 Å². The molecule has 4 rings (SSSR count). The smallest absolute Gasteiger partial charge is 0.255 e. The second-order valence-electron chi connectivity index (χ2n) is 7.67. The van der Waals surface area contributed by atoms with Gasteiger partial charge in [-0.15, -0.1) is 0 Å². The maximum Gasteiger partial charge on any atom is 0.255 e. The lowest BCUT2D eigenvalue weighted by atomic mass is 9.91. The molecule has 32 heavy (non-hydrogen) atoms. The third kappa shape index (κ3) is 4.89. The highest BCUT2D eigenvalue weighted by Crippen LogP contribution is 2.25. The van der Waals surface area contributed by atoms with Crippen LogP contribution in [0.4, 0.5) is 0 Å². The number of rotatable bonds is 8. The summed E-state index contributed by atoms with van der Waals surface area (Å²) in [6.07, 6.45) is 0. The van der Waals surface area contributed by atoms with Crippen molar-refractivity contribution in [3.63, 3.8) is 0 Å². The molecule has 5 heteroatoms. The number of aryl methyl sites for hydroxylation is 2. The molecule has 0 fully saturated rings. The number of nitrogens with zero attached hydrogens (tertiary/aromatic N) is 1. The molecule has 0 radical (unpaired) electrons. The summed E-state index contributed by atoms with van der Waals surface area (Å²) in [5.41, 5.74) is 4.49. The number of carbonyl (C=O) groups excluding carboxylic acids is 1. The Hall–Kier alpha value is -3.86. The van der Waals surface area contributed by atoms with Gasteiger partial charge in [-0.05, 0) is 37.1 Å². The molecule has 0 aliphatic rings. The lowest BCUT2D eigenvalue weighted by molar-refractivity contribution is 0.0948. The molecule has 5 nitrogen and oxygen atoms in total. The monoisotopic (exact) mass is 426 g/mol. The molecular formula is C27H26N2O3. The van der Waals surface area contributed by atoms with Gasteiger partial charge < -0.3 is 14.6 Å². The molecule has 0 bridgehead atoms. The Bertz CT molecular complexity index is 1110. The van der Waals surface area contributed by atoms with Crippen LogP contribution in [0.5, 0.6) is 5.75 Å². The Morgan fingerprint density at radius 2 is 1.50 bits per heavy atom. The summed E-state index contributed by atoms with van der Waals surface area (Å²) < 4.78 is 11.2. The number of amides is 1. The van der Waals surface area contributed by atoms with Crippen LogP contribution in [-0.2, 0) is 6.61 Å². The summed E-state index contributed by atoms with van der Waals surface area (Å²) in [7, 11) is 0. The standard InChI is InChI=1S/C27H26N2O3/c1-19-25(20(2)32-29-19)18-31-26-16-10-9-15-23(26)27(30)28-17-24(21-11-5-3-6-12-21)22-13-7-4-8-14-22/h3-16,24H,17-18H2,1-2H3,(H,28,30). The van der Waals surface area contributed by atoms with Crippen LogP contribution in [0.2, 0.25) is 0 Å². The molecule has 3 aromatic carbocycles. The van der Waals surface area contributed by atoms with Crippen molar-refractivity contribution >= 4 is 5.91 Å². The van der Waals surface area contributed by atoms with Gasteiger partial charge in [0.2, 0.25) is 0 Å². The third-order valence-corrected chi connectivity index (χ3v) is 5.56. The van der Waals surface area contributed by atoms with E-state index in [4.69, 9.17) is 9.26 Å². The van der Waals surface area contributed by atoms with Gasteiger partial charge in [-0.2, -0.15) is 0 Å². The Kier molecular flexibility index (Phi) is 6.66. The van der Waals surface area contributed by atoms with Crippen molar-refractivity contribution in [3.05, 3.63) is 119 Å². The van der Waals surface area contributed by atoms with Crippen molar-refractivity contribution in [3.8, 4) is 5.75 Å². The van der Waals surface area contributed by atoms with Crippen LogP contribution in [0.25, 0.3) is 0 Å². The van der Waals surface area contributed by atoms with E-state index in [0.29, 0.717) is 24.5 Å². The summed E-state index contributed by atoms with van der Waals surface area (Å²) in [6.45, 7) is 4.50. The molecule has 0 spiro atoms. The number of para-hydroxylation sites is 1. The summed E-state index contributed by atoms with van der Waals surface area (Å²) >= 11 is 0. The first-order valence-electron chi connectivity index (χ1n) is 10.6. The maximum atomic E-state index is 13.1. The zero-order valence-electron chi connectivity index (χ0n) is 18.2. The molecule has 1 aromatic heterocycles. The number of ether oxygens (including phenoxy) is 1. The minimum atomic E-state index is -0.170. The summed E-state index contributed by atoms with van der Waals surface area (Å²) in [6, 6.07) is 27.7. The zero-order chi connectivity index (χ0) is 22.3. The maximum absolute atomic E-state index is 13.1. The van der Waals surface area contributed by atoms with Gasteiger partial charge in [-0.1, -0.05) is 78.0 Å². The second kappa shape index (κ2) is 9.96. The first-order valence-corrected chi connectivity index (χ1v) is 10.6. The molecule has 0 saturated heterocycles. The minimum absolute atomic E-state index is 0.0525. The Morgan fingerprint density at radius 1 is 0.906 bits per heavy atom. The van der Waals surface area contributed by atoms with E-state index < -0.39 is 0 Å². The predicted octanol–water partition coefficient (Wildman–Crippen LogP) is 5.43. The second-order valence-corrected chi connectivity index (χ2v) is 7.67. The Balaban J connectivity index is 1.50. The Labute approximate surface area is 188 Å². The molecular weight excluding hydrogens is 400 g/mol. The van der Waals surface area contributed by atoms with Gasteiger partial charge in [0.1, 0.15) is 18.1 Å². The van der Waals surface area contributed by atoms with Crippen molar-refractivity contribution in [2.75, 3.05) is 6.54 Å². The van der Waals surface area contributed by atoms with E-state index >= 15 is 0 Å². The van der Waals surface area contributed by atoms with Gasteiger partial charge in [-0.25, -0.2) is 0 Å². The molecule has 0 atom stereocenters. The van der Waals surface area contributed by atoms with Crippen LogP contribution in [-0.4, -0.2) is 17.6 Å². The average Bonchev–Trinajstić information content (AvgIpc) is 3.16. The fourth-order valence-corrected chi connectivity index (χ4v) is 3.73. The van der Waals surface area contributed by atoms with Gasteiger partial charge in [0, 0.05) is 12.5 Å². The molecule has 0 saturated carbocycles. The molecule has 1 N–H and O–H groups in total. The topological polar surface area (TPSA) is 64.4 Å². The largest absolute Gasteiger partial charge is 0.488 e. The van der Waals surface area contributed by atoms with Gasteiger partial charge in [-0.3, -0.25) is 4.79 Å². The van der Waals surface area contributed by atoms with Crippen LogP contribution in [0.1, 0.15) is 44.4 Å². The van der Waals surface area contributed by atoms with Gasteiger partial charge in [0.15, 0.2) is 0 Å². The zero-order valence-corrected chi connectivity index (χ0v) is 18.2. The molecule has 162 valence electrons. The predicted molar refractivity (Wildman–Crippen MR) is 124 cm³/mol. The SMILES string of the molecule is Cc1noc(C)c1COc1ccccc1C(=O)NCC(c1ccccc1)c1ccccc1. The van der Waals surface area contributed by atoms with Crippen LogP contribution >= 0.6 is 0 Å². The number of nitrogens with one attached hydrogen (secondary N) is 1. The highest BCUT2D eigenvalue weighted by atomic mass is 16.5. The van der Waals surface area contributed by atoms with Crippen molar-refractivity contribution in [2.45, 2.75) is 26.4 Å². The van der Waals surface area contributed by atoms with Gasteiger partial charge in [0.25, 0.3) is 5.91 Å². The van der Waals surface area contributed by atoms with E-state index in [-0.39, 0.29) is 11.8 Å². The molecule has 4 aromatic rings. The Morgan fingerprint density at radius 3 is 2.09 bits per heavy atom. The lowest BCUT2D eigenvalue weighted by Crippen LogP contribution is -2.29. The highest BCUT2D eigenvalue weighted by molar-refractivity contribution is 5.97. The fourth-order valence-electron chi connectivity index (χ4n) is 3.73. The van der Waals surface area contributed by atoms with Gasteiger partial charge >= 0.3 is 0 Å². The van der Waals surface area contributed by atoms with E-state index in [1.807, 2.05) is 62.4 Å². The number of benzene rings is 3. The van der Waals surface area contributed by atoms with Crippen LogP contribution < -0.4 is 10.1 Å². The number of hydrogen-bond acceptors (Lipinski definition) is 4. The molecule has 1 amide bonds. The normalized spacial score (nSPS) is 10.8. The first kappa shape index (κ1) is 21.4. The third-order valence-electron chi connectivity index (χ3n) is 5.56. The number of hydrogen-bond donors (Lipinski definition) is 1. The van der Waals surface area contributed by atoms with E-state index in [1.54, 1.807) is 12.1 Å². The van der Waals surface area contributed by atoms with Crippen LogP contribution in [0, 0.1) is 13.8 Å².